The summed E-state index contributed by atoms with van der Waals surface area (Å²) in [6.45, 7) is 0. The van der Waals surface area contributed by atoms with Gasteiger partial charge < -0.3 is 0 Å². The zero-order valence-electron chi connectivity index (χ0n) is 7.19. The van der Waals surface area contributed by atoms with E-state index in [4.69, 9.17) is 11.6 Å². The summed E-state index contributed by atoms with van der Waals surface area (Å²) < 4.78 is 1.53. The topological polar surface area (TPSA) is 0 Å². The van der Waals surface area contributed by atoms with Crippen LogP contribution in [0.4, 0.5) is 0 Å². The second-order valence-electron chi connectivity index (χ2n) is 3.76. The fourth-order valence-corrected chi connectivity index (χ4v) is 4.41. The Morgan fingerprint density at radius 3 is 1.82 bits per heavy atom. The van der Waals surface area contributed by atoms with Gasteiger partial charge in [-0.25, -0.2) is 0 Å². The second-order valence-corrected chi connectivity index (χ2v) is 18.7. The molecule has 0 aliphatic carbocycles. The van der Waals surface area contributed by atoms with E-state index in [0.717, 1.165) is 5.02 Å². The molecule has 0 fully saturated rings. The standard InChI is InChI=1S/C6H4Cl.3CH3.Sn/c7-6-4-2-1-3-5-6;;;;/h2-5H;3*1H3;. The fraction of sp³-hybridized carbons (Fsp3) is 0.333. The Morgan fingerprint density at radius 2 is 1.45 bits per heavy atom. The molecule has 0 amide bonds. The van der Waals surface area contributed by atoms with Crippen molar-refractivity contribution in [1.29, 1.82) is 0 Å². The van der Waals surface area contributed by atoms with Crippen molar-refractivity contribution < 1.29 is 0 Å². The van der Waals surface area contributed by atoms with Crippen molar-refractivity contribution in [3.63, 3.8) is 0 Å². The van der Waals surface area contributed by atoms with Crippen LogP contribution in [0, 0.1) is 0 Å². The van der Waals surface area contributed by atoms with Crippen molar-refractivity contribution >= 4 is 33.6 Å². The first-order chi connectivity index (χ1) is 5.00. The third-order valence-corrected chi connectivity index (χ3v) is 7.86. The molecule has 0 atom stereocenters. The van der Waals surface area contributed by atoms with Gasteiger partial charge in [-0.2, -0.15) is 0 Å². The first kappa shape index (κ1) is 9.40. The SMILES string of the molecule is [CH3][Sn]([CH3])([CH3])[c]1ccc(Cl)cc1. The van der Waals surface area contributed by atoms with E-state index in [2.05, 4.69) is 27.0 Å². The summed E-state index contributed by atoms with van der Waals surface area (Å²) in [5, 5.41) is 0.837. The molecule has 0 spiro atoms. The molecule has 0 saturated carbocycles. The molecule has 0 aliphatic heterocycles. The Morgan fingerprint density at radius 1 is 1.00 bits per heavy atom. The average molecular weight is 275 g/mol. The van der Waals surface area contributed by atoms with E-state index < -0.39 is 18.4 Å². The summed E-state index contributed by atoms with van der Waals surface area (Å²) >= 11 is 3.98. The third kappa shape index (κ3) is 2.68. The maximum absolute atomic E-state index is 5.79. The molecular formula is C9H13ClSn. The molecule has 2 heteroatoms. The summed E-state index contributed by atoms with van der Waals surface area (Å²) in [7, 11) is 0. The van der Waals surface area contributed by atoms with Crippen molar-refractivity contribution in [3.8, 4) is 0 Å². The Kier molecular flexibility index (Phi) is 2.87. The van der Waals surface area contributed by atoms with Crippen LogP contribution in [0.15, 0.2) is 24.3 Å². The Hall–Kier alpha value is 0.309. The van der Waals surface area contributed by atoms with E-state index in [1.165, 1.54) is 3.58 Å². The van der Waals surface area contributed by atoms with Crippen molar-refractivity contribution in [2.45, 2.75) is 14.8 Å². The number of benzene rings is 1. The fourth-order valence-electron chi connectivity index (χ4n) is 0.950. The van der Waals surface area contributed by atoms with Gasteiger partial charge in [-0.3, -0.25) is 0 Å². The van der Waals surface area contributed by atoms with Gasteiger partial charge in [0.15, 0.2) is 0 Å². The van der Waals surface area contributed by atoms with Gasteiger partial charge in [-0.15, -0.1) is 0 Å². The number of hydrogen-bond donors (Lipinski definition) is 0. The minimum absolute atomic E-state index is 0.837. The first-order valence-electron chi connectivity index (χ1n) is 3.76. The molecule has 60 valence electrons. The van der Waals surface area contributed by atoms with Crippen LogP contribution in [0.3, 0.4) is 0 Å². The van der Waals surface area contributed by atoms with Crippen LogP contribution < -0.4 is 3.58 Å². The van der Waals surface area contributed by atoms with Gasteiger partial charge in [-0.1, -0.05) is 0 Å². The monoisotopic (exact) mass is 276 g/mol. The van der Waals surface area contributed by atoms with Gasteiger partial charge in [0, 0.05) is 0 Å². The van der Waals surface area contributed by atoms with Gasteiger partial charge in [0.25, 0.3) is 0 Å². The quantitative estimate of drug-likeness (QED) is 0.691. The Labute approximate surface area is 77.4 Å². The zero-order chi connectivity index (χ0) is 8.48. The van der Waals surface area contributed by atoms with Gasteiger partial charge in [0.05, 0.1) is 0 Å². The summed E-state index contributed by atoms with van der Waals surface area (Å²) in [5.41, 5.74) is 0. The van der Waals surface area contributed by atoms with Crippen molar-refractivity contribution in [2.24, 2.45) is 0 Å². The first-order valence-corrected chi connectivity index (χ1v) is 14.1. The van der Waals surface area contributed by atoms with E-state index in [0.29, 0.717) is 0 Å². The van der Waals surface area contributed by atoms with Crippen LogP contribution in [-0.2, 0) is 0 Å². The predicted octanol–water partition coefficient (Wildman–Crippen LogP) is 2.89. The van der Waals surface area contributed by atoms with E-state index in [1.807, 2.05) is 12.1 Å². The van der Waals surface area contributed by atoms with Gasteiger partial charge in [-0.05, 0) is 0 Å². The molecule has 0 saturated heterocycles. The molecule has 1 aromatic rings. The summed E-state index contributed by atoms with van der Waals surface area (Å²) in [6.07, 6.45) is 0. The molecule has 1 rings (SSSR count). The van der Waals surface area contributed by atoms with Crippen LogP contribution in [-0.4, -0.2) is 18.4 Å². The van der Waals surface area contributed by atoms with Crippen LogP contribution in [0.1, 0.15) is 0 Å². The molecule has 11 heavy (non-hydrogen) atoms. The van der Waals surface area contributed by atoms with Gasteiger partial charge >= 0.3 is 77.7 Å². The number of halogens is 1. The molecule has 0 N–H and O–H groups in total. The average Bonchev–Trinajstić information content (AvgIpc) is 1.86. The van der Waals surface area contributed by atoms with Gasteiger partial charge in [0.1, 0.15) is 0 Å². The van der Waals surface area contributed by atoms with Crippen LogP contribution >= 0.6 is 11.6 Å². The number of hydrogen-bond acceptors (Lipinski definition) is 0. The normalized spacial score (nSPS) is 11.6. The molecule has 0 nitrogen and oxygen atoms in total. The summed E-state index contributed by atoms with van der Waals surface area (Å²) in [5.74, 6) is 0. The molecule has 0 unspecified atom stereocenters. The molecule has 0 aromatic heterocycles. The van der Waals surface area contributed by atoms with Crippen molar-refractivity contribution in [2.75, 3.05) is 0 Å². The van der Waals surface area contributed by atoms with E-state index in [-0.39, 0.29) is 0 Å². The van der Waals surface area contributed by atoms with Gasteiger partial charge in [0.2, 0.25) is 0 Å². The van der Waals surface area contributed by atoms with Crippen LogP contribution in [0.25, 0.3) is 0 Å². The van der Waals surface area contributed by atoms with Crippen LogP contribution in [0.2, 0.25) is 19.8 Å². The van der Waals surface area contributed by atoms with E-state index >= 15 is 0 Å². The minimum atomic E-state index is -1.80. The van der Waals surface area contributed by atoms with E-state index in [1.54, 1.807) is 0 Å². The molecule has 0 aliphatic rings. The molecular weight excluding hydrogens is 262 g/mol. The van der Waals surface area contributed by atoms with E-state index in [9.17, 15) is 0 Å². The maximum atomic E-state index is 5.79. The van der Waals surface area contributed by atoms with Crippen LogP contribution in [0.5, 0.6) is 0 Å². The predicted molar refractivity (Wildman–Crippen MR) is 54.4 cm³/mol. The van der Waals surface area contributed by atoms with Crippen molar-refractivity contribution in [3.05, 3.63) is 29.3 Å². The zero-order valence-corrected chi connectivity index (χ0v) is 10.8. The number of rotatable bonds is 1. The Balaban J connectivity index is 2.99. The summed E-state index contributed by atoms with van der Waals surface area (Å²) in [4.78, 5) is 7.20. The van der Waals surface area contributed by atoms with Crippen molar-refractivity contribution in [1.82, 2.24) is 0 Å². The molecule has 0 radical (unpaired) electrons. The molecule has 0 bridgehead atoms. The molecule has 1 aromatic carbocycles. The molecule has 0 heterocycles. The third-order valence-electron chi connectivity index (χ3n) is 1.71. The summed E-state index contributed by atoms with van der Waals surface area (Å²) in [6, 6.07) is 8.30. The Bertz CT molecular complexity index is 233. The second kappa shape index (κ2) is 3.36.